The zero-order chi connectivity index (χ0) is 15.1. The van der Waals surface area contributed by atoms with E-state index in [1.165, 1.54) is 25.9 Å². The average Bonchev–Trinajstić information content (AvgIpc) is 2.98. The highest BCUT2D eigenvalue weighted by Crippen LogP contribution is 2.12. The highest BCUT2D eigenvalue weighted by Gasteiger charge is 2.11. The first kappa shape index (κ1) is 15.8. The van der Waals surface area contributed by atoms with E-state index < -0.39 is 0 Å². The van der Waals surface area contributed by atoms with E-state index in [2.05, 4.69) is 43.9 Å². The molecule has 0 unspecified atom stereocenters. The van der Waals surface area contributed by atoms with Crippen LogP contribution in [0.2, 0.25) is 0 Å². The van der Waals surface area contributed by atoms with Gasteiger partial charge in [-0.1, -0.05) is 0 Å². The van der Waals surface area contributed by atoms with Crippen LogP contribution in [0.1, 0.15) is 33.1 Å². The third-order valence-corrected chi connectivity index (χ3v) is 3.82. The molecule has 2 heterocycles. The Kier molecular flexibility index (Phi) is 5.98. The quantitative estimate of drug-likeness (QED) is 0.697. The van der Waals surface area contributed by atoms with Gasteiger partial charge >= 0.3 is 0 Å². The summed E-state index contributed by atoms with van der Waals surface area (Å²) in [4.78, 5) is 17.4. The van der Waals surface area contributed by atoms with Gasteiger partial charge < -0.3 is 20.9 Å². The lowest BCUT2D eigenvalue weighted by molar-refractivity contribution is 0.337. The van der Waals surface area contributed by atoms with Crippen molar-refractivity contribution in [2.24, 2.45) is 0 Å². The highest BCUT2D eigenvalue weighted by molar-refractivity contribution is 5.41. The third-order valence-electron chi connectivity index (χ3n) is 3.82. The van der Waals surface area contributed by atoms with Gasteiger partial charge in [-0.05, 0) is 52.7 Å². The molecule has 0 atom stereocenters. The van der Waals surface area contributed by atoms with Gasteiger partial charge in [0.15, 0.2) is 0 Å². The molecule has 1 aromatic heterocycles. The number of nitrogen functional groups attached to an aromatic ring is 1. The van der Waals surface area contributed by atoms with Crippen molar-refractivity contribution in [2.75, 3.05) is 55.2 Å². The van der Waals surface area contributed by atoms with Crippen LogP contribution < -0.4 is 16.0 Å². The molecule has 0 saturated carbocycles. The van der Waals surface area contributed by atoms with Crippen LogP contribution in [0.15, 0.2) is 0 Å². The van der Waals surface area contributed by atoms with Crippen LogP contribution >= 0.6 is 0 Å². The van der Waals surface area contributed by atoms with Crippen LogP contribution in [-0.4, -0.2) is 59.1 Å². The molecule has 0 aromatic carbocycles. The molecule has 1 saturated heterocycles. The van der Waals surface area contributed by atoms with Gasteiger partial charge in [0.25, 0.3) is 0 Å². The molecular weight excluding hydrogens is 266 g/mol. The number of likely N-dealkylation sites (tertiary alicyclic amines) is 1. The van der Waals surface area contributed by atoms with E-state index in [4.69, 9.17) is 5.73 Å². The summed E-state index contributed by atoms with van der Waals surface area (Å²) >= 11 is 0. The normalized spacial score (nSPS) is 15.3. The topological polar surface area (TPSA) is 83.2 Å². The summed E-state index contributed by atoms with van der Waals surface area (Å²) in [6.07, 6.45) is 3.77. The van der Waals surface area contributed by atoms with Gasteiger partial charge in [-0.25, -0.2) is 0 Å². The maximum absolute atomic E-state index is 5.77. The molecule has 7 nitrogen and oxygen atoms in total. The molecular formula is C14H27N7. The minimum atomic E-state index is 0.272. The lowest BCUT2D eigenvalue weighted by Crippen LogP contribution is -2.26. The fourth-order valence-electron chi connectivity index (χ4n) is 2.62. The summed E-state index contributed by atoms with van der Waals surface area (Å²) in [7, 11) is 0. The lowest BCUT2D eigenvalue weighted by atomic mass is 10.4. The molecule has 0 radical (unpaired) electrons. The molecule has 0 spiro atoms. The van der Waals surface area contributed by atoms with Crippen LogP contribution in [0.25, 0.3) is 0 Å². The van der Waals surface area contributed by atoms with E-state index >= 15 is 0 Å². The maximum atomic E-state index is 5.77. The Hall–Kier alpha value is -1.63. The molecule has 0 bridgehead atoms. The van der Waals surface area contributed by atoms with Crippen molar-refractivity contribution in [1.29, 1.82) is 0 Å². The second-order valence-electron chi connectivity index (χ2n) is 5.32. The fraction of sp³-hybridized carbons (Fsp3) is 0.786. The van der Waals surface area contributed by atoms with Crippen molar-refractivity contribution in [3.63, 3.8) is 0 Å². The van der Waals surface area contributed by atoms with E-state index in [1.807, 2.05) is 0 Å². The summed E-state index contributed by atoms with van der Waals surface area (Å²) in [5, 5.41) is 3.26. The van der Waals surface area contributed by atoms with E-state index in [0.717, 1.165) is 32.6 Å². The number of rotatable bonds is 8. The Labute approximate surface area is 127 Å². The van der Waals surface area contributed by atoms with Crippen molar-refractivity contribution in [3.8, 4) is 0 Å². The zero-order valence-electron chi connectivity index (χ0n) is 13.2. The summed E-state index contributed by atoms with van der Waals surface area (Å²) < 4.78 is 0. The van der Waals surface area contributed by atoms with Crippen LogP contribution in [0.3, 0.4) is 0 Å². The van der Waals surface area contributed by atoms with Crippen LogP contribution in [0, 0.1) is 0 Å². The van der Waals surface area contributed by atoms with Crippen molar-refractivity contribution in [1.82, 2.24) is 19.9 Å². The Morgan fingerprint density at radius 1 is 1.14 bits per heavy atom. The molecule has 2 rings (SSSR count). The molecule has 1 aromatic rings. The molecule has 1 aliphatic rings. The minimum Gasteiger partial charge on any atom is -0.368 e. The van der Waals surface area contributed by atoms with Crippen LogP contribution in [0.5, 0.6) is 0 Å². The largest absolute Gasteiger partial charge is 0.368 e. The molecule has 0 amide bonds. The number of nitrogens with two attached hydrogens (primary N) is 1. The zero-order valence-corrected chi connectivity index (χ0v) is 13.2. The standard InChI is InChI=1S/C14H27N7/c1-3-21(4-2)14-18-12(15)17-13(19-14)16-8-7-11-20-9-5-6-10-20/h3-11H2,1-2H3,(H3,15,16,17,18,19). The van der Waals surface area contributed by atoms with Crippen molar-refractivity contribution >= 4 is 17.8 Å². The van der Waals surface area contributed by atoms with Gasteiger partial charge in [0.05, 0.1) is 0 Å². The fourth-order valence-corrected chi connectivity index (χ4v) is 2.62. The SMILES string of the molecule is CCN(CC)c1nc(N)nc(NCCCN2CCCC2)n1. The predicted octanol–water partition coefficient (Wildman–Crippen LogP) is 1.20. The minimum absolute atomic E-state index is 0.272. The first-order valence-corrected chi connectivity index (χ1v) is 7.95. The van der Waals surface area contributed by atoms with Crippen LogP contribution in [-0.2, 0) is 0 Å². The van der Waals surface area contributed by atoms with Gasteiger partial charge in [-0.15, -0.1) is 0 Å². The van der Waals surface area contributed by atoms with Gasteiger partial charge in [0.1, 0.15) is 0 Å². The van der Waals surface area contributed by atoms with Gasteiger partial charge in [-0.3, -0.25) is 0 Å². The number of anilines is 3. The van der Waals surface area contributed by atoms with E-state index in [-0.39, 0.29) is 5.95 Å². The smallest absolute Gasteiger partial charge is 0.231 e. The van der Waals surface area contributed by atoms with Crippen molar-refractivity contribution in [3.05, 3.63) is 0 Å². The van der Waals surface area contributed by atoms with Crippen molar-refractivity contribution in [2.45, 2.75) is 33.1 Å². The molecule has 0 aliphatic carbocycles. The summed E-state index contributed by atoms with van der Waals surface area (Å²) in [6, 6.07) is 0. The van der Waals surface area contributed by atoms with Gasteiger partial charge in [-0.2, -0.15) is 15.0 Å². The second kappa shape index (κ2) is 7.97. The van der Waals surface area contributed by atoms with Crippen molar-refractivity contribution < 1.29 is 0 Å². The Balaban J connectivity index is 1.84. The Morgan fingerprint density at radius 3 is 2.52 bits per heavy atom. The number of hydrogen-bond donors (Lipinski definition) is 2. The Bertz CT molecular complexity index is 427. The number of nitrogens with zero attached hydrogens (tertiary/aromatic N) is 5. The molecule has 1 aliphatic heterocycles. The first-order chi connectivity index (χ1) is 10.2. The lowest BCUT2D eigenvalue weighted by Gasteiger charge is -2.19. The average molecular weight is 293 g/mol. The summed E-state index contributed by atoms with van der Waals surface area (Å²) in [5.74, 6) is 1.49. The molecule has 21 heavy (non-hydrogen) atoms. The second-order valence-corrected chi connectivity index (χ2v) is 5.32. The molecule has 118 valence electrons. The van der Waals surface area contributed by atoms with Crippen LogP contribution in [0.4, 0.5) is 17.8 Å². The van der Waals surface area contributed by atoms with Gasteiger partial charge in [0.2, 0.25) is 17.8 Å². The predicted molar refractivity (Wildman–Crippen MR) is 86.6 cm³/mol. The molecule has 1 fully saturated rings. The van der Waals surface area contributed by atoms with E-state index in [0.29, 0.717) is 11.9 Å². The third kappa shape index (κ3) is 4.70. The molecule has 3 N–H and O–H groups in total. The number of nitrogens with one attached hydrogen (secondary N) is 1. The monoisotopic (exact) mass is 293 g/mol. The Morgan fingerprint density at radius 2 is 1.86 bits per heavy atom. The maximum Gasteiger partial charge on any atom is 0.231 e. The summed E-state index contributed by atoms with van der Waals surface area (Å²) in [5.41, 5.74) is 5.77. The molecule has 7 heteroatoms. The number of hydrogen-bond acceptors (Lipinski definition) is 7. The van der Waals surface area contributed by atoms with Gasteiger partial charge in [0, 0.05) is 19.6 Å². The van der Waals surface area contributed by atoms with E-state index in [1.54, 1.807) is 0 Å². The summed E-state index contributed by atoms with van der Waals surface area (Å²) in [6.45, 7) is 10.3. The number of aromatic nitrogens is 3. The van der Waals surface area contributed by atoms with E-state index in [9.17, 15) is 0 Å². The highest BCUT2D eigenvalue weighted by atomic mass is 15.3. The first-order valence-electron chi connectivity index (χ1n) is 7.95.